The van der Waals surface area contributed by atoms with Gasteiger partial charge in [-0.05, 0) is 91.2 Å². The van der Waals surface area contributed by atoms with Crippen molar-refractivity contribution in [3.8, 4) is 11.8 Å². The number of aromatic nitrogens is 1. The third-order valence-electron chi connectivity index (χ3n) is 7.38. The summed E-state index contributed by atoms with van der Waals surface area (Å²) in [7, 11) is 0. The summed E-state index contributed by atoms with van der Waals surface area (Å²) in [6, 6.07) is 25.0. The minimum atomic E-state index is -0.493. The number of pyridine rings is 1. The van der Waals surface area contributed by atoms with E-state index < -0.39 is 5.97 Å². The van der Waals surface area contributed by atoms with Crippen LogP contribution in [0.5, 0.6) is 5.75 Å². The number of nitrogens with zero attached hydrogens (tertiary/aromatic N) is 4. The molecule has 0 saturated carbocycles. The van der Waals surface area contributed by atoms with Crippen molar-refractivity contribution in [2.45, 2.75) is 18.8 Å². The molecule has 8 heteroatoms. The van der Waals surface area contributed by atoms with Gasteiger partial charge in [0.15, 0.2) is 0 Å². The zero-order valence-corrected chi connectivity index (χ0v) is 22.5. The van der Waals surface area contributed by atoms with Gasteiger partial charge in [-0.1, -0.05) is 24.3 Å². The van der Waals surface area contributed by atoms with E-state index in [9.17, 15) is 13.6 Å². The van der Waals surface area contributed by atoms with Gasteiger partial charge in [-0.25, -0.2) is 18.6 Å². The number of anilines is 1. The van der Waals surface area contributed by atoms with E-state index in [1.165, 1.54) is 24.3 Å². The third-order valence-corrected chi connectivity index (χ3v) is 7.38. The van der Waals surface area contributed by atoms with Crippen LogP contribution < -0.4 is 9.64 Å². The highest BCUT2D eigenvalue weighted by Gasteiger charge is 2.24. The Balaban J connectivity index is 1.17. The lowest BCUT2D eigenvalue weighted by Gasteiger charge is -2.36. The summed E-state index contributed by atoms with van der Waals surface area (Å²) < 4.78 is 32.6. The quantitative estimate of drug-likeness (QED) is 0.182. The molecule has 5 rings (SSSR count). The van der Waals surface area contributed by atoms with E-state index in [0.717, 1.165) is 43.6 Å². The van der Waals surface area contributed by atoms with E-state index in [0.29, 0.717) is 35.8 Å². The molecule has 0 radical (unpaired) electrons. The second kappa shape index (κ2) is 13.2. The standard InChI is InChI=1S/C33H30F2N4O2/c34-27-11-7-25(8-12-27)30(26-9-13-28(35)14-10-26)4-2-18-38-19-21-39(22-20-38)32-31(3-1-17-37-32)33(40)41-29-15-5-24(23-36)6-16-29/h1,3,5-17,30H,2,4,18-22H2. The third kappa shape index (κ3) is 7.13. The number of piperazine rings is 1. The van der Waals surface area contributed by atoms with Crippen LogP contribution in [-0.2, 0) is 0 Å². The van der Waals surface area contributed by atoms with E-state index in [-0.39, 0.29) is 17.6 Å². The second-order valence-corrected chi connectivity index (χ2v) is 10.0. The first-order valence-electron chi connectivity index (χ1n) is 13.7. The minimum Gasteiger partial charge on any atom is -0.423 e. The molecule has 1 aliphatic heterocycles. The van der Waals surface area contributed by atoms with Gasteiger partial charge in [-0.2, -0.15) is 5.26 Å². The van der Waals surface area contributed by atoms with Crippen LogP contribution in [-0.4, -0.2) is 48.6 Å². The van der Waals surface area contributed by atoms with Gasteiger partial charge in [-0.15, -0.1) is 0 Å². The molecule has 0 amide bonds. The van der Waals surface area contributed by atoms with Crippen molar-refractivity contribution in [3.05, 3.63) is 125 Å². The topological polar surface area (TPSA) is 69.5 Å². The van der Waals surface area contributed by atoms with Crippen molar-refractivity contribution >= 4 is 11.8 Å². The molecule has 0 aliphatic carbocycles. The van der Waals surface area contributed by atoms with E-state index in [4.69, 9.17) is 10.00 Å². The normalized spacial score (nSPS) is 13.7. The van der Waals surface area contributed by atoms with Gasteiger partial charge in [0.25, 0.3) is 0 Å². The smallest absolute Gasteiger partial charge is 0.347 e. The Bertz CT molecular complexity index is 1450. The maximum absolute atomic E-state index is 13.5. The van der Waals surface area contributed by atoms with Gasteiger partial charge in [0.2, 0.25) is 0 Å². The largest absolute Gasteiger partial charge is 0.423 e. The molecular formula is C33H30F2N4O2. The molecule has 0 spiro atoms. The summed E-state index contributed by atoms with van der Waals surface area (Å²) >= 11 is 0. The molecule has 0 bridgehead atoms. The van der Waals surface area contributed by atoms with Crippen LogP contribution in [0.15, 0.2) is 91.1 Å². The van der Waals surface area contributed by atoms with Crippen molar-refractivity contribution in [3.63, 3.8) is 0 Å². The summed E-state index contributed by atoms with van der Waals surface area (Å²) in [4.78, 5) is 22.0. The van der Waals surface area contributed by atoms with Crippen molar-refractivity contribution in [2.75, 3.05) is 37.6 Å². The Morgan fingerprint density at radius 3 is 2.07 bits per heavy atom. The fourth-order valence-electron chi connectivity index (χ4n) is 5.19. The Hall–Kier alpha value is -4.61. The monoisotopic (exact) mass is 552 g/mol. The molecular weight excluding hydrogens is 522 g/mol. The first-order valence-corrected chi connectivity index (χ1v) is 13.7. The lowest BCUT2D eigenvalue weighted by Crippen LogP contribution is -2.47. The van der Waals surface area contributed by atoms with E-state index in [1.807, 2.05) is 6.07 Å². The molecule has 41 heavy (non-hydrogen) atoms. The lowest BCUT2D eigenvalue weighted by molar-refractivity contribution is 0.0734. The summed E-state index contributed by atoms with van der Waals surface area (Å²) in [5.74, 6) is -0.0265. The van der Waals surface area contributed by atoms with Crippen LogP contribution in [0.25, 0.3) is 0 Å². The van der Waals surface area contributed by atoms with Gasteiger partial charge in [0.1, 0.15) is 28.8 Å². The van der Waals surface area contributed by atoms with E-state index >= 15 is 0 Å². The highest BCUT2D eigenvalue weighted by Crippen LogP contribution is 2.30. The maximum Gasteiger partial charge on any atom is 0.347 e. The average Bonchev–Trinajstić information content (AvgIpc) is 3.01. The molecule has 1 fully saturated rings. The van der Waals surface area contributed by atoms with Gasteiger partial charge in [0, 0.05) is 38.3 Å². The number of hydrogen-bond acceptors (Lipinski definition) is 6. The van der Waals surface area contributed by atoms with E-state index in [2.05, 4.69) is 14.8 Å². The Morgan fingerprint density at radius 2 is 1.49 bits per heavy atom. The summed E-state index contributed by atoms with van der Waals surface area (Å²) in [5, 5.41) is 8.97. The van der Waals surface area contributed by atoms with Crippen LogP contribution in [0.2, 0.25) is 0 Å². The SMILES string of the molecule is N#Cc1ccc(OC(=O)c2cccnc2N2CCN(CCCC(c3ccc(F)cc3)c3ccc(F)cc3)CC2)cc1. The van der Waals surface area contributed by atoms with Crippen LogP contribution in [0.3, 0.4) is 0 Å². The Kier molecular flexibility index (Phi) is 8.97. The number of halogens is 2. The Labute approximate surface area is 238 Å². The first kappa shape index (κ1) is 27.9. The van der Waals surface area contributed by atoms with Crippen LogP contribution in [0, 0.1) is 23.0 Å². The molecule has 0 unspecified atom stereocenters. The van der Waals surface area contributed by atoms with Crippen LogP contribution in [0.1, 0.15) is 45.8 Å². The van der Waals surface area contributed by atoms with E-state index in [1.54, 1.807) is 66.9 Å². The van der Waals surface area contributed by atoms with Gasteiger partial charge in [-0.3, -0.25) is 4.90 Å². The molecule has 1 aromatic heterocycles. The molecule has 6 nitrogen and oxygen atoms in total. The summed E-state index contributed by atoms with van der Waals surface area (Å²) in [5.41, 5.74) is 2.91. The number of nitriles is 1. The number of benzene rings is 3. The highest BCUT2D eigenvalue weighted by molar-refractivity contribution is 5.96. The molecule has 0 atom stereocenters. The maximum atomic E-state index is 13.5. The fourth-order valence-corrected chi connectivity index (χ4v) is 5.19. The average molecular weight is 553 g/mol. The molecule has 0 N–H and O–H groups in total. The lowest BCUT2D eigenvalue weighted by atomic mass is 9.87. The minimum absolute atomic E-state index is 0.0516. The number of ether oxygens (including phenoxy) is 1. The number of carbonyl (C=O) groups excluding carboxylic acids is 1. The molecule has 1 aliphatic rings. The second-order valence-electron chi connectivity index (χ2n) is 10.0. The molecule has 208 valence electrons. The van der Waals surface area contributed by atoms with Crippen molar-refractivity contribution < 1.29 is 18.3 Å². The number of hydrogen-bond donors (Lipinski definition) is 0. The molecule has 4 aromatic rings. The fraction of sp³-hybridized carbons (Fsp3) is 0.242. The molecule has 3 aromatic carbocycles. The van der Waals surface area contributed by atoms with Crippen LogP contribution >= 0.6 is 0 Å². The molecule has 2 heterocycles. The van der Waals surface area contributed by atoms with Gasteiger partial charge >= 0.3 is 5.97 Å². The summed E-state index contributed by atoms with van der Waals surface area (Å²) in [6.07, 6.45) is 3.44. The van der Waals surface area contributed by atoms with Crippen LogP contribution in [0.4, 0.5) is 14.6 Å². The van der Waals surface area contributed by atoms with Crippen molar-refractivity contribution in [1.82, 2.24) is 9.88 Å². The predicted octanol–water partition coefficient (Wildman–Crippen LogP) is 6.18. The zero-order valence-electron chi connectivity index (χ0n) is 22.5. The number of carbonyl (C=O) groups is 1. The van der Waals surface area contributed by atoms with Crippen molar-refractivity contribution in [1.29, 1.82) is 5.26 Å². The highest BCUT2D eigenvalue weighted by atomic mass is 19.1. The number of esters is 1. The predicted molar refractivity (Wildman–Crippen MR) is 153 cm³/mol. The Morgan fingerprint density at radius 1 is 0.878 bits per heavy atom. The van der Waals surface area contributed by atoms with Gasteiger partial charge in [0.05, 0.1) is 11.6 Å². The van der Waals surface area contributed by atoms with Gasteiger partial charge < -0.3 is 9.64 Å². The summed E-state index contributed by atoms with van der Waals surface area (Å²) in [6.45, 7) is 3.96. The number of rotatable bonds is 9. The zero-order chi connectivity index (χ0) is 28.6. The molecule has 1 saturated heterocycles. The van der Waals surface area contributed by atoms with Crippen molar-refractivity contribution in [2.24, 2.45) is 0 Å². The first-order chi connectivity index (χ1) is 20.0.